The number of ether oxygens (including phenoxy) is 2. The van der Waals surface area contributed by atoms with Crippen molar-refractivity contribution in [3.8, 4) is 11.5 Å². The van der Waals surface area contributed by atoms with Gasteiger partial charge in [0, 0.05) is 28.8 Å². The summed E-state index contributed by atoms with van der Waals surface area (Å²) in [6, 6.07) is 10.3. The smallest absolute Gasteiger partial charge is 0.295 e. The van der Waals surface area contributed by atoms with Crippen LogP contribution < -0.4 is 9.47 Å². The van der Waals surface area contributed by atoms with Gasteiger partial charge >= 0.3 is 0 Å². The number of carbonyl (C=O) groups excluding carboxylic acids is 2. The first-order valence-electron chi connectivity index (χ1n) is 9.22. The van der Waals surface area contributed by atoms with E-state index < -0.39 is 23.8 Å². The van der Waals surface area contributed by atoms with Gasteiger partial charge in [0.1, 0.15) is 17.3 Å². The molecule has 1 amide bonds. The number of methoxy groups -OCH3 is 2. The van der Waals surface area contributed by atoms with Gasteiger partial charge in [0.05, 0.1) is 31.9 Å². The summed E-state index contributed by atoms with van der Waals surface area (Å²) in [7, 11) is 2.97. The van der Waals surface area contributed by atoms with Gasteiger partial charge in [-0.05, 0) is 43.3 Å². The molecule has 2 N–H and O–H groups in total. The van der Waals surface area contributed by atoms with E-state index >= 15 is 0 Å². The zero-order valence-electron chi connectivity index (χ0n) is 16.8. The first kappa shape index (κ1) is 21.7. The van der Waals surface area contributed by atoms with Crippen LogP contribution in [-0.4, -0.2) is 53.7 Å². The number of aliphatic hydroxyl groups excluding tert-OH is 2. The molecule has 158 valence electrons. The lowest BCUT2D eigenvalue weighted by Crippen LogP contribution is -2.35. The van der Waals surface area contributed by atoms with Crippen LogP contribution in [0, 0.1) is 0 Å². The third-order valence-corrected chi connectivity index (χ3v) is 5.11. The number of Topliss-reactive ketones (excluding diaryl/α,β-unsaturated/α-hetero) is 1. The summed E-state index contributed by atoms with van der Waals surface area (Å²) in [5.41, 5.74) is 0.729. The van der Waals surface area contributed by atoms with Crippen LogP contribution in [0.15, 0.2) is 48.0 Å². The van der Waals surface area contributed by atoms with Gasteiger partial charge in [-0.25, -0.2) is 0 Å². The lowest BCUT2D eigenvalue weighted by molar-refractivity contribution is -0.140. The fraction of sp³-hybridized carbons (Fsp3) is 0.273. The number of halogens is 1. The van der Waals surface area contributed by atoms with Crippen molar-refractivity contribution in [1.82, 2.24) is 4.90 Å². The number of benzene rings is 2. The van der Waals surface area contributed by atoms with E-state index in [1.807, 2.05) is 0 Å². The molecule has 1 saturated heterocycles. The minimum absolute atomic E-state index is 0.0913. The van der Waals surface area contributed by atoms with Gasteiger partial charge in [-0.15, -0.1) is 0 Å². The Balaban J connectivity index is 2.24. The Morgan fingerprint density at radius 3 is 2.37 bits per heavy atom. The second-order valence-corrected chi connectivity index (χ2v) is 7.35. The van der Waals surface area contributed by atoms with Gasteiger partial charge < -0.3 is 24.6 Å². The zero-order chi connectivity index (χ0) is 22.0. The molecule has 8 heteroatoms. The maximum atomic E-state index is 12.9. The molecule has 0 radical (unpaired) electrons. The van der Waals surface area contributed by atoms with Gasteiger partial charge in [-0.2, -0.15) is 0 Å². The van der Waals surface area contributed by atoms with Crippen molar-refractivity contribution in [3.05, 3.63) is 64.2 Å². The third kappa shape index (κ3) is 3.99. The first-order valence-corrected chi connectivity index (χ1v) is 9.60. The van der Waals surface area contributed by atoms with E-state index in [0.29, 0.717) is 27.6 Å². The molecule has 1 aliphatic rings. The van der Waals surface area contributed by atoms with Gasteiger partial charge in [0.2, 0.25) is 0 Å². The molecule has 2 aromatic carbocycles. The Morgan fingerprint density at radius 2 is 1.80 bits per heavy atom. The summed E-state index contributed by atoms with van der Waals surface area (Å²) < 4.78 is 10.7. The van der Waals surface area contributed by atoms with Crippen LogP contribution in [0.3, 0.4) is 0 Å². The Morgan fingerprint density at radius 1 is 1.13 bits per heavy atom. The SMILES string of the molecule is COc1ccc([C@@H]2C(=C(O)c3ccc(Cl)cc3)C(=O)C(=O)N2C[C@H](C)O)c(OC)c1. The minimum Gasteiger partial charge on any atom is -0.507 e. The predicted octanol–water partition coefficient (Wildman–Crippen LogP) is 3.16. The molecule has 3 rings (SSSR count). The minimum atomic E-state index is -0.948. The fourth-order valence-corrected chi connectivity index (χ4v) is 3.61. The number of carbonyl (C=O) groups is 2. The lowest BCUT2D eigenvalue weighted by Gasteiger charge is -2.27. The number of ketones is 1. The van der Waals surface area contributed by atoms with Crippen molar-refractivity contribution in [2.45, 2.75) is 19.1 Å². The van der Waals surface area contributed by atoms with E-state index in [0.717, 1.165) is 0 Å². The van der Waals surface area contributed by atoms with Crippen molar-refractivity contribution < 1.29 is 29.3 Å². The zero-order valence-corrected chi connectivity index (χ0v) is 17.5. The molecular formula is C22H22ClNO6. The Labute approximate surface area is 179 Å². The summed E-state index contributed by atoms with van der Waals surface area (Å²) in [4.78, 5) is 26.9. The van der Waals surface area contributed by atoms with Crippen LogP contribution in [0.2, 0.25) is 5.02 Å². The van der Waals surface area contributed by atoms with E-state index in [2.05, 4.69) is 0 Å². The van der Waals surface area contributed by atoms with Crippen molar-refractivity contribution >= 4 is 29.1 Å². The van der Waals surface area contributed by atoms with Gasteiger partial charge in [0.25, 0.3) is 11.7 Å². The highest BCUT2D eigenvalue weighted by Crippen LogP contribution is 2.43. The maximum Gasteiger partial charge on any atom is 0.295 e. The van der Waals surface area contributed by atoms with Crippen molar-refractivity contribution in [2.24, 2.45) is 0 Å². The number of rotatable bonds is 6. The molecule has 2 aromatic rings. The van der Waals surface area contributed by atoms with Crippen LogP contribution >= 0.6 is 11.6 Å². The summed E-state index contributed by atoms with van der Waals surface area (Å²) >= 11 is 5.92. The van der Waals surface area contributed by atoms with E-state index in [1.54, 1.807) is 42.5 Å². The van der Waals surface area contributed by atoms with E-state index in [9.17, 15) is 19.8 Å². The highest BCUT2D eigenvalue weighted by molar-refractivity contribution is 6.46. The van der Waals surface area contributed by atoms with Crippen LogP contribution in [-0.2, 0) is 9.59 Å². The van der Waals surface area contributed by atoms with Gasteiger partial charge in [0.15, 0.2) is 0 Å². The van der Waals surface area contributed by atoms with Gasteiger partial charge in [-0.3, -0.25) is 9.59 Å². The average molecular weight is 432 g/mol. The molecule has 1 fully saturated rings. The maximum absolute atomic E-state index is 12.9. The second kappa shape index (κ2) is 8.77. The van der Waals surface area contributed by atoms with Crippen LogP contribution in [0.1, 0.15) is 24.1 Å². The molecule has 0 saturated carbocycles. The third-order valence-electron chi connectivity index (χ3n) is 4.85. The quantitative estimate of drug-likeness (QED) is 0.414. The normalized spacial score (nSPS) is 19.1. The van der Waals surface area contributed by atoms with Crippen LogP contribution in [0.5, 0.6) is 11.5 Å². The average Bonchev–Trinajstić information content (AvgIpc) is 2.97. The fourth-order valence-electron chi connectivity index (χ4n) is 3.48. The number of hydrogen-bond donors (Lipinski definition) is 2. The number of β-amino-alcohol motifs (C(OH)–C–C–N with tert-alkyl or cyclic N) is 1. The van der Waals surface area contributed by atoms with E-state index in [1.165, 1.54) is 26.0 Å². The Kier molecular flexibility index (Phi) is 6.34. The molecule has 1 aliphatic heterocycles. The van der Waals surface area contributed by atoms with Crippen molar-refractivity contribution in [3.63, 3.8) is 0 Å². The topological polar surface area (TPSA) is 96.3 Å². The predicted molar refractivity (Wildman–Crippen MR) is 112 cm³/mol. The lowest BCUT2D eigenvalue weighted by atomic mass is 9.94. The molecular weight excluding hydrogens is 410 g/mol. The molecule has 2 atom stereocenters. The van der Waals surface area contributed by atoms with Crippen molar-refractivity contribution in [2.75, 3.05) is 20.8 Å². The van der Waals surface area contributed by atoms with E-state index in [4.69, 9.17) is 21.1 Å². The monoisotopic (exact) mass is 431 g/mol. The molecule has 0 aromatic heterocycles. The number of aliphatic hydroxyl groups is 2. The molecule has 0 aliphatic carbocycles. The summed E-state index contributed by atoms with van der Waals surface area (Å²) in [5.74, 6) is -1.08. The molecule has 0 bridgehead atoms. The standard InChI is InChI=1S/C22H22ClNO6/c1-12(25)11-24-19(16-9-8-15(29-2)10-17(16)30-3)18(21(27)22(24)28)20(26)13-4-6-14(23)7-5-13/h4-10,12,19,25-26H,11H2,1-3H3/t12-,19+/m0/s1. The first-order chi connectivity index (χ1) is 14.3. The second-order valence-electron chi connectivity index (χ2n) is 6.92. The van der Waals surface area contributed by atoms with E-state index in [-0.39, 0.29) is 17.9 Å². The van der Waals surface area contributed by atoms with Crippen LogP contribution in [0.4, 0.5) is 0 Å². The molecule has 0 unspecified atom stereocenters. The molecule has 30 heavy (non-hydrogen) atoms. The Bertz CT molecular complexity index is 999. The summed E-state index contributed by atoms with van der Waals surface area (Å²) in [6.45, 7) is 1.42. The van der Waals surface area contributed by atoms with Crippen molar-refractivity contribution in [1.29, 1.82) is 0 Å². The number of nitrogens with zero attached hydrogens (tertiary/aromatic N) is 1. The van der Waals surface area contributed by atoms with Gasteiger partial charge in [-0.1, -0.05) is 11.6 Å². The molecule has 0 spiro atoms. The summed E-state index contributed by atoms with van der Waals surface area (Å²) in [6.07, 6.45) is -0.884. The highest BCUT2D eigenvalue weighted by Gasteiger charge is 2.47. The van der Waals surface area contributed by atoms with Crippen LogP contribution in [0.25, 0.3) is 5.76 Å². The largest absolute Gasteiger partial charge is 0.507 e. The summed E-state index contributed by atoms with van der Waals surface area (Å²) in [5, 5.41) is 21.3. The molecule has 1 heterocycles. The highest BCUT2D eigenvalue weighted by atomic mass is 35.5. The number of amides is 1. The number of likely N-dealkylation sites (tertiary alicyclic amines) is 1. The Hall–Kier alpha value is -3.03. The molecule has 7 nitrogen and oxygen atoms in total. The number of hydrogen-bond acceptors (Lipinski definition) is 6.